The Bertz CT molecular complexity index is 2890. The van der Waals surface area contributed by atoms with E-state index in [1.54, 1.807) is 0 Å². The van der Waals surface area contributed by atoms with E-state index < -0.39 is 0 Å². The predicted octanol–water partition coefficient (Wildman–Crippen LogP) is 12.5. The molecule has 248 valence electrons. The quantitative estimate of drug-likeness (QED) is 0.176. The molecule has 0 aliphatic rings. The van der Waals surface area contributed by atoms with E-state index in [9.17, 15) is 0 Å². The molecule has 0 radical (unpaired) electrons. The van der Waals surface area contributed by atoms with Gasteiger partial charge in [0.2, 0.25) is 0 Å². The first-order chi connectivity index (χ1) is 26.3. The van der Waals surface area contributed by atoms with Crippen LogP contribution in [0.15, 0.2) is 194 Å². The van der Waals surface area contributed by atoms with Crippen LogP contribution in [0.4, 0.5) is 0 Å². The summed E-state index contributed by atoms with van der Waals surface area (Å²) in [5, 5.41) is 4.65. The Morgan fingerprint density at radius 1 is 0.321 bits per heavy atom. The molecule has 0 fully saturated rings. The van der Waals surface area contributed by atoms with Crippen molar-refractivity contribution in [2.75, 3.05) is 0 Å². The van der Waals surface area contributed by atoms with E-state index in [0.717, 1.165) is 55.3 Å². The summed E-state index contributed by atoms with van der Waals surface area (Å²) >= 11 is 0. The van der Waals surface area contributed by atoms with Gasteiger partial charge in [-0.2, -0.15) is 0 Å². The molecule has 53 heavy (non-hydrogen) atoms. The molecule has 0 saturated heterocycles. The smallest absolute Gasteiger partial charge is 0.164 e. The molecule has 0 unspecified atom stereocenters. The minimum absolute atomic E-state index is 0.624. The maximum absolute atomic E-state index is 5.28. The van der Waals surface area contributed by atoms with Crippen LogP contribution in [0.5, 0.6) is 0 Å². The van der Waals surface area contributed by atoms with Crippen LogP contribution in [0, 0.1) is 0 Å². The Labute approximate surface area is 307 Å². The fourth-order valence-electron chi connectivity index (χ4n) is 7.65. The molecule has 4 nitrogen and oxygen atoms in total. The second-order valence-corrected chi connectivity index (χ2v) is 13.2. The van der Waals surface area contributed by atoms with Crippen LogP contribution < -0.4 is 0 Å². The first kappa shape index (κ1) is 30.6. The zero-order chi connectivity index (χ0) is 35.1. The number of rotatable bonds is 6. The van der Waals surface area contributed by atoms with E-state index in [1.165, 1.54) is 21.9 Å². The van der Waals surface area contributed by atoms with Crippen molar-refractivity contribution in [3.8, 4) is 62.1 Å². The zero-order valence-corrected chi connectivity index (χ0v) is 28.8. The van der Waals surface area contributed by atoms with Crippen LogP contribution >= 0.6 is 0 Å². The third-order valence-electron chi connectivity index (χ3n) is 10.1. The van der Waals surface area contributed by atoms with E-state index in [0.29, 0.717) is 17.5 Å². The molecule has 10 aromatic rings. The number of benzene rings is 8. The molecule has 8 aromatic carbocycles. The van der Waals surface area contributed by atoms with Crippen LogP contribution in [0.25, 0.3) is 94.7 Å². The average Bonchev–Trinajstić information content (AvgIpc) is 3.58. The van der Waals surface area contributed by atoms with Crippen molar-refractivity contribution < 1.29 is 0 Å². The number of fused-ring (bicyclic) bond motifs is 4. The molecule has 10 rings (SSSR count). The SMILES string of the molecule is c1ccc(-c2nc(-c3cccc(-c4ccccc4-c4ccccc4)c3)nc(-c3cccc4cccc(-n5c6ccccc6c6ccccc65)c34)n2)cc1. The van der Waals surface area contributed by atoms with Gasteiger partial charge in [0.25, 0.3) is 0 Å². The van der Waals surface area contributed by atoms with Gasteiger partial charge in [-0.3, -0.25) is 0 Å². The van der Waals surface area contributed by atoms with Crippen LogP contribution in [0.1, 0.15) is 0 Å². The molecule has 0 aliphatic carbocycles. The number of aromatic nitrogens is 4. The number of hydrogen-bond donors (Lipinski definition) is 0. The summed E-state index contributed by atoms with van der Waals surface area (Å²) in [5.41, 5.74) is 10.8. The van der Waals surface area contributed by atoms with Crippen LogP contribution in [-0.2, 0) is 0 Å². The normalized spacial score (nSPS) is 11.4. The van der Waals surface area contributed by atoms with E-state index >= 15 is 0 Å². The molecular formula is C49H32N4. The molecule has 0 bridgehead atoms. The molecule has 0 aliphatic heterocycles. The zero-order valence-electron chi connectivity index (χ0n) is 28.8. The summed E-state index contributed by atoms with van der Waals surface area (Å²) in [4.78, 5) is 15.6. The minimum atomic E-state index is 0.624. The Morgan fingerprint density at radius 3 is 1.49 bits per heavy atom. The van der Waals surface area contributed by atoms with Crippen molar-refractivity contribution in [3.63, 3.8) is 0 Å². The highest BCUT2D eigenvalue weighted by atomic mass is 15.0. The number of nitrogens with zero attached hydrogens (tertiary/aromatic N) is 4. The van der Waals surface area contributed by atoms with Crippen molar-refractivity contribution in [3.05, 3.63) is 194 Å². The van der Waals surface area contributed by atoms with E-state index in [1.807, 2.05) is 18.2 Å². The van der Waals surface area contributed by atoms with Gasteiger partial charge in [-0.05, 0) is 51.9 Å². The van der Waals surface area contributed by atoms with Gasteiger partial charge >= 0.3 is 0 Å². The molecule has 0 saturated carbocycles. The van der Waals surface area contributed by atoms with Crippen molar-refractivity contribution in [1.82, 2.24) is 19.5 Å². The van der Waals surface area contributed by atoms with Crippen LogP contribution in [0.3, 0.4) is 0 Å². The lowest BCUT2D eigenvalue weighted by atomic mass is 9.93. The Morgan fingerprint density at radius 2 is 0.792 bits per heavy atom. The van der Waals surface area contributed by atoms with E-state index in [2.05, 4.69) is 180 Å². The predicted molar refractivity (Wildman–Crippen MR) is 219 cm³/mol. The molecule has 2 heterocycles. The van der Waals surface area contributed by atoms with Gasteiger partial charge in [-0.25, -0.2) is 15.0 Å². The second kappa shape index (κ2) is 12.9. The Kier molecular flexibility index (Phi) is 7.43. The third kappa shape index (κ3) is 5.36. The topological polar surface area (TPSA) is 43.6 Å². The van der Waals surface area contributed by atoms with Crippen molar-refractivity contribution in [2.45, 2.75) is 0 Å². The van der Waals surface area contributed by atoms with Gasteiger partial charge < -0.3 is 4.57 Å². The van der Waals surface area contributed by atoms with Gasteiger partial charge in [-0.15, -0.1) is 0 Å². The average molecular weight is 677 g/mol. The standard InChI is InChI=1S/C49H32N4/c1-3-16-33(17-4-1)38-24-7-8-25-39(38)36-22-13-23-37(32-36)48-50-47(35-18-5-2-6-19-35)51-49(52-48)42-28-14-20-34-21-15-31-45(46(34)42)53-43-29-11-9-26-40(43)41-27-10-12-30-44(41)53/h1-32H. The summed E-state index contributed by atoms with van der Waals surface area (Å²) in [7, 11) is 0. The van der Waals surface area contributed by atoms with Gasteiger partial charge in [0, 0.05) is 32.8 Å². The molecule has 0 amide bonds. The van der Waals surface area contributed by atoms with Gasteiger partial charge in [0.15, 0.2) is 17.5 Å². The summed E-state index contributed by atoms with van der Waals surface area (Å²) in [5.74, 6) is 1.88. The Balaban J connectivity index is 1.20. The summed E-state index contributed by atoms with van der Waals surface area (Å²) in [6, 6.07) is 68.0. The van der Waals surface area contributed by atoms with Crippen molar-refractivity contribution in [2.24, 2.45) is 0 Å². The van der Waals surface area contributed by atoms with E-state index in [4.69, 9.17) is 15.0 Å². The fourth-order valence-corrected chi connectivity index (χ4v) is 7.65. The highest BCUT2D eigenvalue weighted by Gasteiger charge is 2.19. The lowest BCUT2D eigenvalue weighted by Gasteiger charge is -2.16. The van der Waals surface area contributed by atoms with Gasteiger partial charge in [0.1, 0.15) is 0 Å². The first-order valence-corrected chi connectivity index (χ1v) is 17.9. The van der Waals surface area contributed by atoms with Crippen molar-refractivity contribution >= 4 is 32.6 Å². The number of para-hydroxylation sites is 2. The largest absolute Gasteiger partial charge is 0.309 e. The maximum Gasteiger partial charge on any atom is 0.164 e. The highest BCUT2D eigenvalue weighted by Crippen LogP contribution is 2.39. The fraction of sp³-hybridized carbons (Fsp3) is 0. The van der Waals surface area contributed by atoms with Crippen LogP contribution in [-0.4, -0.2) is 19.5 Å². The first-order valence-electron chi connectivity index (χ1n) is 17.9. The third-order valence-corrected chi connectivity index (χ3v) is 10.1. The molecule has 0 spiro atoms. The number of hydrogen-bond acceptors (Lipinski definition) is 3. The minimum Gasteiger partial charge on any atom is -0.309 e. The summed E-state index contributed by atoms with van der Waals surface area (Å²) in [6.45, 7) is 0. The highest BCUT2D eigenvalue weighted by molar-refractivity contribution is 6.12. The molecule has 0 atom stereocenters. The second-order valence-electron chi connectivity index (χ2n) is 13.2. The van der Waals surface area contributed by atoms with E-state index in [-0.39, 0.29) is 0 Å². The molecule has 0 N–H and O–H groups in total. The lowest BCUT2D eigenvalue weighted by molar-refractivity contribution is 1.08. The monoisotopic (exact) mass is 676 g/mol. The molecular weight excluding hydrogens is 645 g/mol. The molecule has 4 heteroatoms. The van der Waals surface area contributed by atoms with Gasteiger partial charge in [0.05, 0.1) is 16.7 Å². The summed E-state index contributed by atoms with van der Waals surface area (Å²) in [6.07, 6.45) is 0. The van der Waals surface area contributed by atoms with Crippen LogP contribution in [0.2, 0.25) is 0 Å². The van der Waals surface area contributed by atoms with Crippen molar-refractivity contribution in [1.29, 1.82) is 0 Å². The lowest BCUT2D eigenvalue weighted by Crippen LogP contribution is -2.02. The summed E-state index contributed by atoms with van der Waals surface area (Å²) < 4.78 is 2.38. The van der Waals surface area contributed by atoms with Gasteiger partial charge in [-0.1, -0.05) is 170 Å². The maximum atomic E-state index is 5.28. The Hall–Kier alpha value is -7.17. The molecule has 2 aromatic heterocycles.